The van der Waals surface area contributed by atoms with Crippen molar-refractivity contribution in [3.63, 3.8) is 0 Å². The van der Waals surface area contributed by atoms with Crippen LogP contribution >= 0.6 is 0 Å². The smallest absolute Gasteiger partial charge is 0.111 e. The van der Waals surface area contributed by atoms with Gasteiger partial charge in [0.05, 0.1) is 24.8 Å². The van der Waals surface area contributed by atoms with E-state index in [1.165, 1.54) is 5.69 Å². The molecular formula is C12H17N3O. The zero-order chi connectivity index (χ0) is 10.8. The number of rotatable bonds is 2. The van der Waals surface area contributed by atoms with Crippen LogP contribution in [0.15, 0.2) is 24.7 Å². The number of nitrogens with one attached hydrogen (secondary N) is 1. The van der Waals surface area contributed by atoms with Gasteiger partial charge in [-0.05, 0) is 12.8 Å². The molecule has 0 radical (unpaired) electrons. The largest absolute Gasteiger partial charge is 0.369 e. The predicted molar refractivity (Wildman–Crippen MR) is 61.2 cm³/mol. The fraction of sp³-hybridized carbons (Fsp3) is 0.583. The highest BCUT2D eigenvalue weighted by Crippen LogP contribution is 2.28. The summed E-state index contributed by atoms with van der Waals surface area (Å²) in [5.74, 6) is 0. The summed E-state index contributed by atoms with van der Waals surface area (Å²) in [7, 11) is 0. The maximum Gasteiger partial charge on any atom is 0.111 e. The monoisotopic (exact) mass is 219 g/mol. The normalized spacial score (nSPS) is 26.4. The number of imidazole rings is 1. The molecule has 1 unspecified atom stereocenters. The van der Waals surface area contributed by atoms with Crippen molar-refractivity contribution in [1.29, 1.82) is 0 Å². The molecule has 1 fully saturated rings. The molecule has 2 heterocycles. The van der Waals surface area contributed by atoms with Gasteiger partial charge in [-0.15, -0.1) is 0 Å². The fourth-order valence-corrected chi connectivity index (χ4v) is 2.45. The minimum atomic E-state index is 0.164. The van der Waals surface area contributed by atoms with Gasteiger partial charge >= 0.3 is 0 Å². The predicted octanol–water partition coefficient (Wildman–Crippen LogP) is 1.44. The highest BCUT2D eigenvalue weighted by molar-refractivity contribution is 5.09. The van der Waals surface area contributed by atoms with Crippen LogP contribution < -0.4 is 5.32 Å². The standard InChI is InChI=1S/C12H17N3O/c1-2-4-10(3-1)15-9-14-7-11(15)12-8-13-5-6-16-12/h1-2,7,9-10,12-13H,3-6,8H2. The van der Waals surface area contributed by atoms with Crippen molar-refractivity contribution in [1.82, 2.24) is 14.9 Å². The molecule has 1 aromatic heterocycles. The summed E-state index contributed by atoms with van der Waals surface area (Å²) in [4.78, 5) is 4.27. The van der Waals surface area contributed by atoms with Crippen LogP contribution in [-0.4, -0.2) is 29.2 Å². The van der Waals surface area contributed by atoms with E-state index in [1.54, 1.807) is 0 Å². The third-order valence-electron chi connectivity index (χ3n) is 3.33. The van der Waals surface area contributed by atoms with Crippen LogP contribution in [0.25, 0.3) is 0 Å². The number of morpholine rings is 1. The topological polar surface area (TPSA) is 39.1 Å². The molecule has 2 aliphatic rings. The van der Waals surface area contributed by atoms with Gasteiger partial charge in [-0.3, -0.25) is 0 Å². The SMILES string of the molecule is C1=CCC(n2cncc2C2CNCCO2)C1. The summed E-state index contributed by atoms with van der Waals surface area (Å²) in [6, 6.07) is 0.544. The van der Waals surface area contributed by atoms with E-state index in [0.717, 1.165) is 32.5 Å². The molecule has 3 rings (SSSR count). The van der Waals surface area contributed by atoms with Crippen molar-refractivity contribution in [2.75, 3.05) is 19.7 Å². The van der Waals surface area contributed by atoms with E-state index in [2.05, 4.69) is 27.0 Å². The molecule has 0 bridgehead atoms. The lowest BCUT2D eigenvalue weighted by Gasteiger charge is -2.26. The van der Waals surface area contributed by atoms with Gasteiger partial charge in [0.1, 0.15) is 6.10 Å². The zero-order valence-corrected chi connectivity index (χ0v) is 9.30. The molecule has 86 valence electrons. The second-order valence-electron chi connectivity index (χ2n) is 4.39. The Morgan fingerprint density at radius 3 is 3.00 bits per heavy atom. The molecule has 0 aromatic carbocycles. The zero-order valence-electron chi connectivity index (χ0n) is 9.30. The molecular weight excluding hydrogens is 202 g/mol. The van der Waals surface area contributed by atoms with E-state index in [0.29, 0.717) is 6.04 Å². The number of aromatic nitrogens is 2. The molecule has 1 aliphatic heterocycles. The molecule has 1 aromatic rings. The minimum Gasteiger partial charge on any atom is -0.369 e. The summed E-state index contributed by atoms with van der Waals surface area (Å²) < 4.78 is 8.05. The van der Waals surface area contributed by atoms with Crippen LogP contribution in [0.3, 0.4) is 0 Å². The third kappa shape index (κ3) is 1.79. The second kappa shape index (κ2) is 4.39. The lowest BCUT2D eigenvalue weighted by molar-refractivity contribution is 0.0220. The Morgan fingerprint density at radius 2 is 2.25 bits per heavy atom. The quantitative estimate of drug-likeness (QED) is 0.765. The molecule has 4 heteroatoms. The van der Waals surface area contributed by atoms with Crippen molar-refractivity contribution >= 4 is 0 Å². The number of nitrogens with zero attached hydrogens (tertiary/aromatic N) is 2. The van der Waals surface area contributed by atoms with E-state index < -0.39 is 0 Å². The number of allylic oxidation sites excluding steroid dienone is 2. The Labute approximate surface area is 95.3 Å². The Kier molecular flexibility index (Phi) is 2.76. The van der Waals surface area contributed by atoms with Crippen molar-refractivity contribution in [3.05, 3.63) is 30.4 Å². The van der Waals surface area contributed by atoms with E-state index in [9.17, 15) is 0 Å². The molecule has 16 heavy (non-hydrogen) atoms. The van der Waals surface area contributed by atoms with E-state index >= 15 is 0 Å². The Balaban J connectivity index is 1.80. The summed E-state index contributed by atoms with van der Waals surface area (Å²) in [5.41, 5.74) is 1.21. The highest BCUT2D eigenvalue weighted by atomic mass is 16.5. The second-order valence-corrected chi connectivity index (χ2v) is 4.39. The van der Waals surface area contributed by atoms with E-state index in [-0.39, 0.29) is 6.10 Å². The Hall–Kier alpha value is -1.13. The van der Waals surface area contributed by atoms with Gasteiger partial charge in [0, 0.05) is 19.1 Å². The molecule has 1 atom stereocenters. The molecule has 4 nitrogen and oxygen atoms in total. The number of hydrogen-bond acceptors (Lipinski definition) is 3. The Bertz CT molecular complexity index is 371. The summed E-state index contributed by atoms with van der Waals surface area (Å²) in [6.45, 7) is 2.64. The van der Waals surface area contributed by atoms with Crippen LogP contribution in [0, 0.1) is 0 Å². The van der Waals surface area contributed by atoms with Crippen molar-refractivity contribution in [2.24, 2.45) is 0 Å². The first-order valence-corrected chi connectivity index (χ1v) is 5.94. The van der Waals surface area contributed by atoms with Crippen molar-refractivity contribution in [3.8, 4) is 0 Å². The molecule has 0 amide bonds. The van der Waals surface area contributed by atoms with Gasteiger partial charge < -0.3 is 14.6 Å². The van der Waals surface area contributed by atoms with Crippen molar-refractivity contribution < 1.29 is 4.74 Å². The van der Waals surface area contributed by atoms with E-state index in [4.69, 9.17) is 4.74 Å². The van der Waals surface area contributed by atoms with Crippen LogP contribution in [0.2, 0.25) is 0 Å². The summed E-state index contributed by atoms with van der Waals surface area (Å²) >= 11 is 0. The maximum atomic E-state index is 5.78. The minimum absolute atomic E-state index is 0.164. The summed E-state index contributed by atoms with van der Waals surface area (Å²) in [5, 5.41) is 3.36. The van der Waals surface area contributed by atoms with Gasteiger partial charge in [0.15, 0.2) is 0 Å². The van der Waals surface area contributed by atoms with Gasteiger partial charge in [-0.25, -0.2) is 4.98 Å². The third-order valence-corrected chi connectivity index (χ3v) is 3.33. The molecule has 1 saturated heterocycles. The van der Waals surface area contributed by atoms with Crippen LogP contribution in [0.1, 0.15) is 30.7 Å². The van der Waals surface area contributed by atoms with Crippen molar-refractivity contribution in [2.45, 2.75) is 25.0 Å². The molecule has 0 spiro atoms. The lowest BCUT2D eigenvalue weighted by atomic mass is 10.2. The van der Waals surface area contributed by atoms with Crippen LogP contribution in [0.5, 0.6) is 0 Å². The maximum absolute atomic E-state index is 5.78. The average molecular weight is 219 g/mol. The van der Waals surface area contributed by atoms with E-state index in [1.807, 2.05) is 12.5 Å². The number of hydrogen-bond donors (Lipinski definition) is 1. The Morgan fingerprint density at radius 1 is 1.38 bits per heavy atom. The molecule has 1 N–H and O–H groups in total. The molecule has 0 saturated carbocycles. The van der Waals surface area contributed by atoms with Gasteiger partial charge in [0.2, 0.25) is 0 Å². The highest BCUT2D eigenvalue weighted by Gasteiger charge is 2.23. The fourth-order valence-electron chi connectivity index (χ4n) is 2.45. The molecule has 1 aliphatic carbocycles. The van der Waals surface area contributed by atoms with Gasteiger partial charge in [-0.2, -0.15) is 0 Å². The van der Waals surface area contributed by atoms with Crippen LogP contribution in [-0.2, 0) is 4.74 Å². The van der Waals surface area contributed by atoms with Gasteiger partial charge in [0.25, 0.3) is 0 Å². The first-order valence-electron chi connectivity index (χ1n) is 5.94. The van der Waals surface area contributed by atoms with Crippen LogP contribution in [0.4, 0.5) is 0 Å². The lowest BCUT2D eigenvalue weighted by Crippen LogP contribution is -2.34. The number of ether oxygens (including phenoxy) is 1. The summed E-state index contributed by atoms with van der Waals surface area (Å²) in [6.07, 6.45) is 10.8. The first-order chi connectivity index (χ1) is 7.95. The van der Waals surface area contributed by atoms with Gasteiger partial charge in [-0.1, -0.05) is 12.2 Å². The average Bonchev–Trinajstić information content (AvgIpc) is 3.01. The first kappa shape index (κ1) is 10.1.